The third-order valence-electron chi connectivity index (χ3n) is 8.40. The largest absolute Gasteiger partial charge is 0.453 e. The standard InChI is InChI=1S/C33H34F4N6O3/c1-41(2)32(45)28-16-25-30(27(34)17-39-31(25)40-28)46-24-6-5-21-7-10-43(19-23(21)15-24)29(44)14-20-3-4-22(26(13-20)33(35,36)37)18-42-11-8-38-9-12-42/h3-6,13,15-17,38H,7-12,14,18-19H2,1-2H3,(H,39,40). The molecule has 242 valence electrons. The first-order chi connectivity index (χ1) is 22.0. The van der Waals surface area contributed by atoms with E-state index in [-0.39, 0.29) is 48.3 Å². The lowest BCUT2D eigenvalue weighted by Crippen LogP contribution is -2.43. The van der Waals surface area contributed by atoms with E-state index < -0.39 is 17.6 Å². The minimum absolute atomic E-state index is 0.0939. The number of carbonyl (C=O) groups is 2. The van der Waals surface area contributed by atoms with Gasteiger partial charge in [-0.2, -0.15) is 13.2 Å². The smallest absolute Gasteiger partial charge is 0.416 e. The molecule has 2 N–H and O–H groups in total. The van der Waals surface area contributed by atoms with Gasteiger partial charge in [-0.05, 0) is 52.9 Å². The monoisotopic (exact) mass is 638 g/mol. The molecule has 4 aromatic rings. The van der Waals surface area contributed by atoms with Crippen LogP contribution in [0.2, 0.25) is 0 Å². The van der Waals surface area contributed by atoms with Crippen molar-refractivity contribution in [2.45, 2.75) is 32.1 Å². The number of fused-ring (bicyclic) bond motifs is 2. The van der Waals surface area contributed by atoms with Gasteiger partial charge in [-0.3, -0.25) is 14.5 Å². The van der Waals surface area contributed by atoms with Crippen LogP contribution in [-0.2, 0) is 36.9 Å². The average molecular weight is 639 g/mol. The maximum atomic E-state index is 14.9. The minimum atomic E-state index is -4.54. The van der Waals surface area contributed by atoms with Crippen molar-refractivity contribution in [3.05, 3.63) is 88.0 Å². The topological polar surface area (TPSA) is 93.8 Å². The Balaban J connectivity index is 1.17. The van der Waals surface area contributed by atoms with Gasteiger partial charge in [0.2, 0.25) is 5.91 Å². The number of ether oxygens (including phenoxy) is 1. The number of aromatic nitrogens is 2. The van der Waals surface area contributed by atoms with E-state index in [1.54, 1.807) is 37.2 Å². The lowest BCUT2D eigenvalue weighted by atomic mass is 9.97. The van der Waals surface area contributed by atoms with Crippen LogP contribution < -0.4 is 10.1 Å². The Hall–Kier alpha value is -4.49. The number of hydrogen-bond acceptors (Lipinski definition) is 6. The van der Waals surface area contributed by atoms with E-state index in [1.807, 2.05) is 11.0 Å². The Morgan fingerprint density at radius 3 is 2.54 bits per heavy atom. The number of benzene rings is 2. The third-order valence-corrected chi connectivity index (χ3v) is 8.40. The Labute approximate surface area is 263 Å². The van der Waals surface area contributed by atoms with Gasteiger partial charge in [0, 0.05) is 59.9 Å². The first-order valence-corrected chi connectivity index (χ1v) is 15.0. The molecule has 46 heavy (non-hydrogen) atoms. The highest BCUT2D eigenvalue weighted by Crippen LogP contribution is 2.35. The number of nitrogens with one attached hydrogen (secondary N) is 2. The van der Waals surface area contributed by atoms with Gasteiger partial charge in [0.15, 0.2) is 11.6 Å². The fourth-order valence-electron chi connectivity index (χ4n) is 5.95. The molecule has 2 aliphatic heterocycles. The van der Waals surface area contributed by atoms with Crippen LogP contribution in [0, 0.1) is 5.82 Å². The second-order valence-corrected chi connectivity index (χ2v) is 11.9. The highest BCUT2D eigenvalue weighted by Gasteiger charge is 2.34. The molecule has 1 saturated heterocycles. The highest BCUT2D eigenvalue weighted by atomic mass is 19.4. The summed E-state index contributed by atoms with van der Waals surface area (Å²) in [5, 5.41) is 3.50. The molecule has 0 radical (unpaired) electrons. The number of amides is 2. The summed E-state index contributed by atoms with van der Waals surface area (Å²) in [7, 11) is 3.21. The van der Waals surface area contributed by atoms with Gasteiger partial charge >= 0.3 is 6.18 Å². The molecule has 2 aromatic heterocycles. The van der Waals surface area contributed by atoms with Gasteiger partial charge in [-0.15, -0.1) is 0 Å². The number of rotatable bonds is 7. The molecule has 0 aliphatic carbocycles. The number of H-pyrrole nitrogens is 1. The van der Waals surface area contributed by atoms with E-state index in [9.17, 15) is 27.2 Å². The third kappa shape index (κ3) is 6.70. The number of pyridine rings is 1. The van der Waals surface area contributed by atoms with Gasteiger partial charge in [0.25, 0.3) is 5.91 Å². The van der Waals surface area contributed by atoms with Crippen LogP contribution in [0.3, 0.4) is 0 Å². The molecule has 0 saturated carbocycles. The minimum Gasteiger partial charge on any atom is -0.453 e. The summed E-state index contributed by atoms with van der Waals surface area (Å²) in [4.78, 5) is 37.7. The molecule has 4 heterocycles. The van der Waals surface area contributed by atoms with Crippen LogP contribution >= 0.6 is 0 Å². The number of nitrogens with zero attached hydrogens (tertiary/aromatic N) is 4. The van der Waals surface area contributed by atoms with Crippen molar-refractivity contribution in [3.63, 3.8) is 0 Å². The van der Waals surface area contributed by atoms with E-state index in [0.29, 0.717) is 48.4 Å². The molecule has 1 fully saturated rings. The predicted octanol–water partition coefficient (Wildman–Crippen LogP) is 4.75. The van der Waals surface area contributed by atoms with Crippen LogP contribution in [0.4, 0.5) is 17.6 Å². The number of aromatic amines is 1. The van der Waals surface area contributed by atoms with Crippen molar-refractivity contribution in [2.75, 3.05) is 46.8 Å². The second-order valence-electron chi connectivity index (χ2n) is 11.9. The summed E-state index contributed by atoms with van der Waals surface area (Å²) < 4.78 is 63.0. The molecule has 9 nitrogen and oxygen atoms in total. The number of hydrogen-bond donors (Lipinski definition) is 2. The summed E-state index contributed by atoms with van der Waals surface area (Å²) in [6.07, 6.45) is -3.13. The molecule has 2 amide bonds. The summed E-state index contributed by atoms with van der Waals surface area (Å²) >= 11 is 0. The normalized spacial score (nSPS) is 15.6. The number of halogens is 4. The van der Waals surface area contributed by atoms with Crippen molar-refractivity contribution in [3.8, 4) is 11.5 Å². The molecular weight excluding hydrogens is 604 g/mol. The van der Waals surface area contributed by atoms with Crippen molar-refractivity contribution in [2.24, 2.45) is 0 Å². The fourth-order valence-corrected chi connectivity index (χ4v) is 5.95. The Morgan fingerprint density at radius 2 is 1.80 bits per heavy atom. The van der Waals surface area contributed by atoms with Gasteiger partial charge in [0.1, 0.15) is 17.1 Å². The Bertz CT molecular complexity index is 1780. The van der Waals surface area contributed by atoms with Crippen molar-refractivity contribution in [1.29, 1.82) is 0 Å². The summed E-state index contributed by atoms with van der Waals surface area (Å²) in [5.41, 5.74) is 2.12. The van der Waals surface area contributed by atoms with E-state index in [0.717, 1.165) is 36.5 Å². The predicted molar refractivity (Wildman–Crippen MR) is 163 cm³/mol. The first kappa shape index (κ1) is 31.5. The molecular formula is C33H34F4N6O3. The SMILES string of the molecule is CN(C)C(=O)c1cc2c(Oc3ccc4c(c3)CN(C(=O)Cc3ccc(CN5CCNCC5)c(C(F)(F)F)c3)CC4)c(F)cnc2[nH]1. The lowest BCUT2D eigenvalue weighted by Gasteiger charge is -2.30. The fraction of sp³-hybridized carbons (Fsp3) is 0.364. The number of piperazine rings is 1. The van der Waals surface area contributed by atoms with Crippen molar-refractivity contribution < 1.29 is 31.9 Å². The van der Waals surface area contributed by atoms with E-state index in [4.69, 9.17) is 4.74 Å². The summed E-state index contributed by atoms with van der Waals surface area (Å²) in [5.74, 6) is -1.06. The van der Waals surface area contributed by atoms with Crippen molar-refractivity contribution >= 4 is 22.8 Å². The Morgan fingerprint density at radius 1 is 1.02 bits per heavy atom. The van der Waals surface area contributed by atoms with Crippen LogP contribution in [0.25, 0.3) is 11.0 Å². The zero-order chi connectivity index (χ0) is 32.6. The van der Waals surface area contributed by atoms with E-state index in [1.165, 1.54) is 17.0 Å². The first-order valence-electron chi connectivity index (χ1n) is 15.0. The average Bonchev–Trinajstić information content (AvgIpc) is 3.47. The van der Waals surface area contributed by atoms with Crippen LogP contribution in [0.15, 0.2) is 48.7 Å². The molecule has 0 bridgehead atoms. The molecule has 0 atom stereocenters. The van der Waals surface area contributed by atoms with Gasteiger partial charge in [-0.1, -0.05) is 18.2 Å². The van der Waals surface area contributed by atoms with E-state index >= 15 is 0 Å². The van der Waals surface area contributed by atoms with Crippen LogP contribution in [0.5, 0.6) is 11.5 Å². The summed E-state index contributed by atoms with van der Waals surface area (Å²) in [6, 6.07) is 11.0. The molecule has 0 unspecified atom stereocenters. The highest BCUT2D eigenvalue weighted by molar-refractivity contribution is 5.98. The molecule has 6 rings (SSSR count). The zero-order valence-electron chi connectivity index (χ0n) is 25.5. The second kappa shape index (κ2) is 12.7. The van der Waals surface area contributed by atoms with Crippen LogP contribution in [-0.4, -0.2) is 83.3 Å². The molecule has 2 aliphatic rings. The number of carbonyl (C=O) groups excluding carboxylic acids is 2. The van der Waals surface area contributed by atoms with Crippen molar-refractivity contribution in [1.82, 2.24) is 30.0 Å². The van der Waals surface area contributed by atoms with Crippen LogP contribution in [0.1, 0.15) is 38.3 Å². The van der Waals surface area contributed by atoms with Gasteiger partial charge in [0.05, 0.1) is 23.6 Å². The Kier molecular flexibility index (Phi) is 8.71. The van der Waals surface area contributed by atoms with Gasteiger partial charge in [-0.25, -0.2) is 9.37 Å². The quantitative estimate of drug-likeness (QED) is 0.284. The summed E-state index contributed by atoms with van der Waals surface area (Å²) in [6.45, 7) is 3.67. The maximum absolute atomic E-state index is 14.9. The lowest BCUT2D eigenvalue weighted by molar-refractivity contribution is -0.138. The molecule has 2 aromatic carbocycles. The zero-order valence-corrected chi connectivity index (χ0v) is 25.5. The maximum Gasteiger partial charge on any atom is 0.416 e. The molecule has 0 spiro atoms. The van der Waals surface area contributed by atoms with E-state index in [2.05, 4.69) is 15.3 Å². The molecule has 13 heteroatoms. The van der Waals surface area contributed by atoms with Gasteiger partial charge < -0.3 is 24.8 Å². The number of alkyl halides is 3.